The van der Waals surface area contributed by atoms with Gasteiger partial charge in [-0.15, -0.1) is 0 Å². The van der Waals surface area contributed by atoms with Crippen LogP contribution in [0.3, 0.4) is 0 Å². The van der Waals surface area contributed by atoms with E-state index in [0.717, 1.165) is 27.1 Å². The lowest BCUT2D eigenvalue weighted by Crippen LogP contribution is -2.32. The summed E-state index contributed by atoms with van der Waals surface area (Å²) >= 11 is 0. The number of benzene rings is 4. The van der Waals surface area contributed by atoms with Crippen LogP contribution in [0.5, 0.6) is 11.5 Å². The van der Waals surface area contributed by atoms with Crippen molar-refractivity contribution in [1.82, 2.24) is 0 Å². The van der Waals surface area contributed by atoms with Gasteiger partial charge in [-0.3, -0.25) is 0 Å². The molecule has 0 aliphatic rings. The summed E-state index contributed by atoms with van der Waals surface area (Å²) in [6, 6.07) is 21.2. The number of fused-ring (bicyclic) bond motifs is 2. The summed E-state index contributed by atoms with van der Waals surface area (Å²) in [4.78, 5) is 0. The van der Waals surface area contributed by atoms with E-state index in [2.05, 4.69) is 0 Å². The van der Waals surface area contributed by atoms with E-state index in [9.17, 15) is 10.0 Å². The molecule has 7 heteroatoms. The van der Waals surface area contributed by atoms with Crippen LogP contribution >= 0.6 is 0 Å². The van der Waals surface area contributed by atoms with Gasteiger partial charge in [-0.1, -0.05) is 60.7 Å². The molecule has 0 saturated heterocycles. The summed E-state index contributed by atoms with van der Waals surface area (Å²) in [5.74, 6) is 0.923. The van der Waals surface area contributed by atoms with Crippen LogP contribution in [0.15, 0.2) is 66.7 Å². The molecule has 0 bridgehead atoms. The van der Waals surface area contributed by atoms with E-state index in [-0.39, 0.29) is 19.0 Å². The molecular formula is C24H23BO6. The summed E-state index contributed by atoms with van der Waals surface area (Å²) in [5.41, 5.74) is 1.72. The number of ether oxygens (including phenoxy) is 4. The highest BCUT2D eigenvalue weighted by Gasteiger charge is 2.26. The summed E-state index contributed by atoms with van der Waals surface area (Å²) in [7, 11) is 1.35. The first-order valence-electron chi connectivity index (χ1n) is 9.83. The molecule has 2 N–H and O–H groups in total. The highest BCUT2D eigenvalue weighted by atomic mass is 16.7. The zero-order chi connectivity index (χ0) is 21.8. The number of methoxy groups -OCH3 is 2. The average molecular weight is 418 g/mol. The molecule has 0 unspecified atom stereocenters. The predicted molar refractivity (Wildman–Crippen MR) is 122 cm³/mol. The summed E-state index contributed by atoms with van der Waals surface area (Å²) < 4.78 is 22.1. The van der Waals surface area contributed by atoms with E-state index in [0.29, 0.717) is 17.1 Å². The summed E-state index contributed by atoms with van der Waals surface area (Å²) in [6.45, 7) is 0.0178. The van der Waals surface area contributed by atoms with Gasteiger partial charge in [-0.05, 0) is 27.6 Å². The second-order valence-electron chi connectivity index (χ2n) is 7.03. The molecule has 4 rings (SSSR count). The molecule has 0 spiro atoms. The second kappa shape index (κ2) is 9.37. The predicted octanol–water partition coefficient (Wildman–Crippen LogP) is 3.31. The maximum absolute atomic E-state index is 10.1. The Morgan fingerprint density at radius 2 is 1.32 bits per heavy atom. The summed E-state index contributed by atoms with van der Waals surface area (Å²) in [6.07, 6.45) is 0. The van der Waals surface area contributed by atoms with Crippen molar-refractivity contribution in [3.63, 3.8) is 0 Å². The first-order chi connectivity index (χ1) is 15.2. The van der Waals surface area contributed by atoms with E-state index in [1.165, 1.54) is 7.11 Å². The van der Waals surface area contributed by atoms with Crippen LogP contribution < -0.4 is 14.9 Å². The van der Waals surface area contributed by atoms with Gasteiger partial charge in [0.15, 0.2) is 13.6 Å². The van der Waals surface area contributed by atoms with Crippen molar-refractivity contribution in [3.05, 3.63) is 66.7 Å². The van der Waals surface area contributed by atoms with Crippen LogP contribution in [0.25, 0.3) is 32.7 Å². The lowest BCUT2D eigenvalue weighted by atomic mass is 9.76. The number of rotatable bonds is 8. The molecule has 0 radical (unpaired) electrons. The fourth-order valence-electron chi connectivity index (χ4n) is 3.82. The highest BCUT2D eigenvalue weighted by molar-refractivity contribution is 6.60. The van der Waals surface area contributed by atoms with Gasteiger partial charge in [0.05, 0.1) is 0 Å². The van der Waals surface area contributed by atoms with Crippen LogP contribution in [-0.2, 0) is 9.47 Å². The Morgan fingerprint density at radius 1 is 0.710 bits per heavy atom. The van der Waals surface area contributed by atoms with Crippen molar-refractivity contribution in [2.24, 2.45) is 0 Å². The largest absolute Gasteiger partial charge is 0.492 e. The van der Waals surface area contributed by atoms with E-state index in [1.54, 1.807) is 13.2 Å². The van der Waals surface area contributed by atoms with E-state index >= 15 is 0 Å². The first-order valence-corrected chi connectivity index (χ1v) is 9.83. The molecular weight excluding hydrogens is 395 g/mol. The van der Waals surface area contributed by atoms with Crippen molar-refractivity contribution in [2.45, 2.75) is 0 Å². The average Bonchev–Trinajstić information content (AvgIpc) is 2.80. The van der Waals surface area contributed by atoms with Crippen LogP contribution in [0.4, 0.5) is 0 Å². The Bertz CT molecular complexity index is 1210. The third kappa shape index (κ3) is 4.09. The Labute approximate surface area is 180 Å². The quantitative estimate of drug-likeness (QED) is 0.338. The fraction of sp³-hybridized carbons (Fsp3) is 0.167. The molecule has 0 saturated carbocycles. The fourth-order valence-corrected chi connectivity index (χ4v) is 3.82. The maximum atomic E-state index is 10.1. The Kier molecular flexibility index (Phi) is 6.39. The van der Waals surface area contributed by atoms with Gasteiger partial charge in [-0.25, -0.2) is 0 Å². The van der Waals surface area contributed by atoms with Crippen molar-refractivity contribution >= 4 is 34.1 Å². The summed E-state index contributed by atoms with van der Waals surface area (Å²) in [5, 5.41) is 24.0. The third-order valence-corrected chi connectivity index (χ3v) is 5.10. The maximum Gasteiger partial charge on any atom is 0.492 e. The van der Waals surface area contributed by atoms with Crippen LogP contribution in [-0.4, -0.2) is 45.0 Å². The molecule has 31 heavy (non-hydrogen) atoms. The normalized spacial score (nSPS) is 11.1. The minimum atomic E-state index is -1.73. The molecule has 4 aromatic rings. The molecule has 0 atom stereocenters. The zero-order valence-electron chi connectivity index (χ0n) is 17.4. The molecule has 4 aromatic carbocycles. The Morgan fingerprint density at radius 3 is 2.00 bits per heavy atom. The van der Waals surface area contributed by atoms with Crippen LogP contribution in [0.1, 0.15) is 0 Å². The number of hydrogen-bond donors (Lipinski definition) is 2. The van der Waals surface area contributed by atoms with E-state index in [1.807, 2.05) is 60.7 Å². The number of hydrogen-bond acceptors (Lipinski definition) is 6. The smallest absolute Gasteiger partial charge is 0.467 e. The van der Waals surface area contributed by atoms with Gasteiger partial charge < -0.3 is 29.0 Å². The lowest BCUT2D eigenvalue weighted by molar-refractivity contribution is 0.0504. The Hall–Kier alpha value is -3.10. The first kappa shape index (κ1) is 21.1. The van der Waals surface area contributed by atoms with Gasteiger partial charge in [0, 0.05) is 30.8 Å². The molecule has 0 amide bonds. The molecule has 6 nitrogen and oxygen atoms in total. The third-order valence-electron chi connectivity index (χ3n) is 5.10. The standard InChI is InChI=1S/C24H23BO6/c1-28-14-30-21-12-11-16-7-3-5-9-18(16)22(21)23-19-10-6-4-8-17(19)13-20(25(26)27)24(23)31-15-29-2/h3-13,26-27H,14-15H2,1-2H3. The van der Waals surface area contributed by atoms with Gasteiger partial charge in [0.25, 0.3) is 0 Å². The van der Waals surface area contributed by atoms with Crippen LogP contribution in [0.2, 0.25) is 0 Å². The monoisotopic (exact) mass is 418 g/mol. The second-order valence-corrected chi connectivity index (χ2v) is 7.03. The Balaban J connectivity index is 2.15. The van der Waals surface area contributed by atoms with E-state index < -0.39 is 7.12 Å². The van der Waals surface area contributed by atoms with Crippen molar-refractivity contribution in [3.8, 4) is 22.6 Å². The lowest BCUT2D eigenvalue weighted by Gasteiger charge is -2.21. The highest BCUT2D eigenvalue weighted by Crippen LogP contribution is 2.45. The van der Waals surface area contributed by atoms with Crippen molar-refractivity contribution in [2.75, 3.05) is 27.8 Å². The molecule has 0 aliphatic heterocycles. The van der Waals surface area contributed by atoms with Crippen molar-refractivity contribution in [1.29, 1.82) is 0 Å². The molecule has 0 aromatic heterocycles. The molecule has 0 aliphatic carbocycles. The molecule has 0 fully saturated rings. The topological polar surface area (TPSA) is 77.4 Å². The van der Waals surface area contributed by atoms with Crippen LogP contribution in [0, 0.1) is 0 Å². The SMILES string of the molecule is COCOc1ccc2ccccc2c1-c1c(OCOC)c(B(O)O)cc2ccccc12. The van der Waals surface area contributed by atoms with Crippen molar-refractivity contribution < 1.29 is 29.0 Å². The minimum Gasteiger partial charge on any atom is -0.467 e. The minimum absolute atomic E-state index is 0.0515. The zero-order valence-corrected chi connectivity index (χ0v) is 17.4. The van der Waals surface area contributed by atoms with Gasteiger partial charge >= 0.3 is 7.12 Å². The van der Waals surface area contributed by atoms with Gasteiger partial charge in [0.2, 0.25) is 0 Å². The van der Waals surface area contributed by atoms with E-state index in [4.69, 9.17) is 18.9 Å². The molecule has 158 valence electrons. The molecule has 0 heterocycles. The van der Waals surface area contributed by atoms with Gasteiger partial charge in [0.1, 0.15) is 11.5 Å². The van der Waals surface area contributed by atoms with Gasteiger partial charge in [-0.2, -0.15) is 0 Å².